The van der Waals surface area contributed by atoms with Crippen LogP contribution in [0.5, 0.6) is 0 Å². The molecule has 1 aliphatic carbocycles. The van der Waals surface area contributed by atoms with Crippen molar-refractivity contribution < 1.29 is 8.42 Å². The van der Waals surface area contributed by atoms with Gasteiger partial charge in [-0.25, -0.2) is 8.42 Å². The summed E-state index contributed by atoms with van der Waals surface area (Å²) in [6, 6.07) is 7.41. The summed E-state index contributed by atoms with van der Waals surface area (Å²) in [7, 11) is -3.21. The van der Waals surface area contributed by atoms with Crippen LogP contribution in [-0.4, -0.2) is 14.2 Å². The predicted molar refractivity (Wildman–Crippen MR) is 65.4 cm³/mol. The van der Waals surface area contributed by atoms with Gasteiger partial charge in [-0.3, -0.25) is 0 Å². The lowest BCUT2D eigenvalue weighted by molar-refractivity contribution is 0.593. The Bertz CT molecular complexity index is 555. The van der Waals surface area contributed by atoms with Gasteiger partial charge in [0.05, 0.1) is 16.7 Å². The Balaban J connectivity index is 2.19. The molecular weight excluding hydrogens is 234 g/mol. The van der Waals surface area contributed by atoms with Crippen LogP contribution in [0.15, 0.2) is 23.1 Å². The standard InChI is InChI=1S/C13H15NO2S/c14-8-1-2-9-17(15,16)13-7-6-11-4-3-5-12(11)10-13/h6-7,10H,1-5,9H2. The summed E-state index contributed by atoms with van der Waals surface area (Å²) in [5, 5.41) is 8.42. The number of unbranched alkanes of at least 4 members (excludes halogenated alkanes) is 1. The van der Waals surface area contributed by atoms with E-state index < -0.39 is 9.84 Å². The zero-order valence-electron chi connectivity index (χ0n) is 9.65. The third-order valence-electron chi connectivity index (χ3n) is 3.13. The van der Waals surface area contributed by atoms with Crippen LogP contribution >= 0.6 is 0 Å². The normalized spacial score (nSPS) is 14.3. The Kier molecular flexibility index (Phi) is 3.49. The first-order chi connectivity index (χ1) is 8.13. The number of nitriles is 1. The zero-order chi connectivity index (χ0) is 12.3. The van der Waals surface area contributed by atoms with Gasteiger partial charge in [0.25, 0.3) is 0 Å². The number of hydrogen-bond donors (Lipinski definition) is 0. The van der Waals surface area contributed by atoms with Gasteiger partial charge in [-0.15, -0.1) is 0 Å². The highest BCUT2D eigenvalue weighted by molar-refractivity contribution is 7.91. The lowest BCUT2D eigenvalue weighted by Crippen LogP contribution is -2.07. The van der Waals surface area contributed by atoms with Crippen molar-refractivity contribution in [2.75, 3.05) is 5.75 Å². The van der Waals surface area contributed by atoms with Crippen molar-refractivity contribution in [3.05, 3.63) is 29.3 Å². The van der Waals surface area contributed by atoms with Crippen molar-refractivity contribution in [1.29, 1.82) is 5.26 Å². The van der Waals surface area contributed by atoms with Crippen LogP contribution in [0.1, 0.15) is 30.4 Å². The van der Waals surface area contributed by atoms with E-state index in [4.69, 9.17) is 5.26 Å². The highest BCUT2D eigenvalue weighted by Crippen LogP contribution is 2.25. The number of hydrogen-bond acceptors (Lipinski definition) is 3. The molecule has 1 aromatic rings. The van der Waals surface area contributed by atoms with E-state index in [2.05, 4.69) is 0 Å². The van der Waals surface area contributed by atoms with Crippen LogP contribution in [0.25, 0.3) is 0 Å². The first-order valence-corrected chi connectivity index (χ1v) is 7.50. The fourth-order valence-corrected chi connectivity index (χ4v) is 3.56. The maximum absolute atomic E-state index is 12.0. The second kappa shape index (κ2) is 4.89. The van der Waals surface area contributed by atoms with E-state index in [0.29, 0.717) is 17.7 Å². The van der Waals surface area contributed by atoms with Crippen LogP contribution < -0.4 is 0 Å². The molecule has 17 heavy (non-hydrogen) atoms. The molecule has 0 radical (unpaired) electrons. The van der Waals surface area contributed by atoms with E-state index in [0.717, 1.165) is 19.3 Å². The van der Waals surface area contributed by atoms with Gasteiger partial charge < -0.3 is 0 Å². The van der Waals surface area contributed by atoms with Gasteiger partial charge in [-0.1, -0.05) is 6.07 Å². The highest BCUT2D eigenvalue weighted by atomic mass is 32.2. The fourth-order valence-electron chi connectivity index (χ4n) is 2.20. The van der Waals surface area contributed by atoms with E-state index in [1.807, 2.05) is 18.2 Å². The first kappa shape index (κ1) is 12.1. The molecule has 0 spiro atoms. The summed E-state index contributed by atoms with van der Waals surface area (Å²) < 4.78 is 24.0. The highest BCUT2D eigenvalue weighted by Gasteiger charge is 2.18. The number of rotatable bonds is 4. The predicted octanol–water partition coefficient (Wildman–Crippen LogP) is 2.25. The zero-order valence-corrected chi connectivity index (χ0v) is 10.5. The summed E-state index contributed by atoms with van der Waals surface area (Å²) in [4.78, 5) is 0.413. The minimum absolute atomic E-state index is 0.0688. The van der Waals surface area contributed by atoms with E-state index in [1.165, 1.54) is 11.1 Å². The number of sulfone groups is 1. The van der Waals surface area contributed by atoms with E-state index in [9.17, 15) is 8.42 Å². The van der Waals surface area contributed by atoms with Crippen LogP contribution in [-0.2, 0) is 22.7 Å². The largest absolute Gasteiger partial charge is 0.224 e. The molecule has 3 nitrogen and oxygen atoms in total. The van der Waals surface area contributed by atoms with E-state index in [-0.39, 0.29) is 5.75 Å². The Morgan fingerprint density at radius 1 is 1.24 bits per heavy atom. The molecule has 0 saturated heterocycles. The van der Waals surface area contributed by atoms with Crippen molar-refractivity contribution in [3.8, 4) is 6.07 Å². The van der Waals surface area contributed by atoms with Crippen molar-refractivity contribution in [3.63, 3.8) is 0 Å². The lowest BCUT2D eigenvalue weighted by Gasteiger charge is -2.05. The lowest BCUT2D eigenvalue weighted by atomic mass is 10.1. The van der Waals surface area contributed by atoms with Gasteiger partial charge in [-0.2, -0.15) is 5.26 Å². The summed E-state index contributed by atoms with van der Waals surface area (Å²) in [6.07, 6.45) is 3.87. The third-order valence-corrected chi connectivity index (χ3v) is 4.93. The number of fused-ring (bicyclic) bond motifs is 1. The molecule has 0 heterocycles. The molecule has 1 aliphatic rings. The number of aryl methyl sites for hydroxylation is 2. The third kappa shape index (κ3) is 2.67. The molecule has 0 N–H and O–H groups in total. The van der Waals surface area contributed by atoms with Crippen molar-refractivity contribution in [2.24, 2.45) is 0 Å². The Morgan fingerprint density at radius 3 is 2.76 bits per heavy atom. The molecule has 0 atom stereocenters. The topological polar surface area (TPSA) is 57.9 Å². The van der Waals surface area contributed by atoms with Gasteiger partial charge in [0.2, 0.25) is 0 Å². The van der Waals surface area contributed by atoms with Crippen molar-refractivity contribution in [2.45, 2.75) is 37.0 Å². The quantitative estimate of drug-likeness (QED) is 0.769. The number of nitrogens with zero attached hydrogens (tertiary/aromatic N) is 1. The first-order valence-electron chi connectivity index (χ1n) is 5.85. The van der Waals surface area contributed by atoms with Crippen LogP contribution in [0.2, 0.25) is 0 Å². The molecule has 1 aromatic carbocycles. The second-order valence-electron chi connectivity index (χ2n) is 4.36. The SMILES string of the molecule is N#CCCCS(=O)(=O)c1ccc2c(c1)CCC2. The average molecular weight is 249 g/mol. The molecule has 0 bridgehead atoms. The minimum Gasteiger partial charge on any atom is -0.224 e. The van der Waals surface area contributed by atoms with Crippen LogP contribution in [0.3, 0.4) is 0 Å². The summed E-state index contributed by atoms with van der Waals surface area (Å²) in [5.41, 5.74) is 2.45. The van der Waals surface area contributed by atoms with E-state index in [1.54, 1.807) is 6.07 Å². The Morgan fingerprint density at radius 2 is 2.00 bits per heavy atom. The smallest absolute Gasteiger partial charge is 0.178 e. The molecule has 2 rings (SSSR count). The second-order valence-corrected chi connectivity index (χ2v) is 6.47. The van der Waals surface area contributed by atoms with Crippen LogP contribution in [0.4, 0.5) is 0 Å². The van der Waals surface area contributed by atoms with Crippen molar-refractivity contribution >= 4 is 9.84 Å². The van der Waals surface area contributed by atoms with Gasteiger partial charge in [0, 0.05) is 6.42 Å². The average Bonchev–Trinajstić information content (AvgIpc) is 2.76. The summed E-state index contributed by atoms with van der Waals surface area (Å²) >= 11 is 0. The van der Waals surface area contributed by atoms with E-state index >= 15 is 0 Å². The minimum atomic E-state index is -3.21. The monoisotopic (exact) mass is 249 g/mol. The van der Waals surface area contributed by atoms with Crippen molar-refractivity contribution in [1.82, 2.24) is 0 Å². The molecule has 0 fully saturated rings. The van der Waals surface area contributed by atoms with Gasteiger partial charge in [0.1, 0.15) is 0 Å². The number of benzene rings is 1. The van der Waals surface area contributed by atoms with Gasteiger partial charge in [0.15, 0.2) is 9.84 Å². The molecule has 0 aromatic heterocycles. The van der Waals surface area contributed by atoms with Gasteiger partial charge >= 0.3 is 0 Å². The molecule has 0 unspecified atom stereocenters. The maximum atomic E-state index is 12.0. The fraction of sp³-hybridized carbons (Fsp3) is 0.462. The maximum Gasteiger partial charge on any atom is 0.178 e. The molecule has 0 aliphatic heterocycles. The molecule has 0 amide bonds. The Hall–Kier alpha value is -1.34. The molecule has 90 valence electrons. The van der Waals surface area contributed by atoms with Gasteiger partial charge in [-0.05, 0) is 48.9 Å². The summed E-state index contributed by atoms with van der Waals surface area (Å²) in [5.74, 6) is 0.0688. The Labute approximate surface area is 102 Å². The molecule has 4 heteroatoms. The summed E-state index contributed by atoms with van der Waals surface area (Å²) in [6.45, 7) is 0. The van der Waals surface area contributed by atoms with Crippen LogP contribution in [0, 0.1) is 11.3 Å². The molecule has 0 saturated carbocycles. The molecular formula is C13H15NO2S.